The Bertz CT molecular complexity index is 1350. The zero-order valence-electron chi connectivity index (χ0n) is 23.5. The highest BCUT2D eigenvalue weighted by molar-refractivity contribution is 6.30. The Labute approximate surface area is 245 Å². The summed E-state index contributed by atoms with van der Waals surface area (Å²) in [5.74, 6) is 1.21. The summed E-state index contributed by atoms with van der Waals surface area (Å²) >= 11 is 6.12. The summed E-state index contributed by atoms with van der Waals surface area (Å²) in [4.78, 5) is 32.1. The molecule has 4 N–H and O–H groups in total. The minimum Gasteiger partial charge on any atom is -0.493 e. The number of nitrogens with one attached hydrogen (secondary N) is 2. The fourth-order valence-electron chi connectivity index (χ4n) is 5.75. The van der Waals surface area contributed by atoms with Crippen LogP contribution in [0.1, 0.15) is 18.4 Å². The molecule has 2 aromatic carbocycles. The molecule has 0 aliphatic carbocycles. The summed E-state index contributed by atoms with van der Waals surface area (Å²) in [5, 5.41) is 0.574. The van der Waals surface area contributed by atoms with Gasteiger partial charge in [0.05, 0.1) is 13.3 Å². The van der Waals surface area contributed by atoms with Crippen molar-refractivity contribution in [3.63, 3.8) is 0 Å². The predicted molar refractivity (Wildman–Crippen MR) is 158 cm³/mol. The van der Waals surface area contributed by atoms with Crippen molar-refractivity contribution in [2.75, 3.05) is 40.8 Å². The molecular formula is C30H37ClN6O4. The largest absolute Gasteiger partial charge is 0.493 e. The van der Waals surface area contributed by atoms with Crippen molar-refractivity contribution >= 4 is 29.0 Å². The van der Waals surface area contributed by atoms with Crippen LogP contribution in [-0.2, 0) is 9.59 Å². The number of likely N-dealkylation sites (N-methyl/N-ethyl adjacent to an activating group) is 1. The lowest BCUT2D eigenvalue weighted by Crippen LogP contribution is -2.67. The number of hydrogen-bond acceptors (Lipinski definition) is 8. The molecule has 2 amide bonds. The molecule has 0 bridgehead atoms. The number of hydrogen-bond donors (Lipinski definition) is 3. The van der Waals surface area contributed by atoms with Crippen molar-refractivity contribution in [2.24, 2.45) is 11.7 Å². The minimum absolute atomic E-state index is 0.0111. The fraction of sp³-hybridized carbons (Fsp3) is 0.400. The Kier molecular flexibility index (Phi) is 8.84. The van der Waals surface area contributed by atoms with Crippen molar-refractivity contribution in [3.8, 4) is 17.2 Å². The number of piperidine rings is 1. The highest BCUT2D eigenvalue weighted by atomic mass is 35.5. The summed E-state index contributed by atoms with van der Waals surface area (Å²) in [5.41, 5.74) is 14.0. The second-order valence-electron chi connectivity index (χ2n) is 10.8. The lowest BCUT2D eigenvalue weighted by molar-refractivity contribution is -0.132. The first kappa shape index (κ1) is 28.9. The molecule has 41 heavy (non-hydrogen) atoms. The number of halogens is 1. The number of nitrogens with two attached hydrogens (primary N) is 1. The molecule has 11 heteroatoms. The van der Waals surface area contributed by atoms with Gasteiger partial charge < -0.3 is 29.9 Å². The normalized spacial score (nSPS) is 24.3. The number of benzene rings is 2. The molecule has 2 fully saturated rings. The second kappa shape index (κ2) is 12.5. The van der Waals surface area contributed by atoms with Gasteiger partial charge in [-0.1, -0.05) is 29.8 Å². The number of fused-ring (bicyclic) bond motifs is 1. The van der Waals surface area contributed by atoms with Crippen LogP contribution >= 0.6 is 11.6 Å². The van der Waals surface area contributed by atoms with Gasteiger partial charge in [-0.3, -0.25) is 15.0 Å². The van der Waals surface area contributed by atoms with E-state index in [1.807, 2.05) is 66.5 Å². The lowest BCUT2D eigenvalue weighted by Gasteiger charge is -2.43. The Morgan fingerprint density at radius 1 is 1.22 bits per heavy atom. The molecule has 0 aromatic heterocycles. The summed E-state index contributed by atoms with van der Waals surface area (Å²) in [7, 11) is 5.51. The van der Waals surface area contributed by atoms with Gasteiger partial charge in [-0.15, -0.1) is 0 Å². The zero-order valence-corrected chi connectivity index (χ0v) is 24.3. The van der Waals surface area contributed by atoms with Gasteiger partial charge in [0.1, 0.15) is 11.8 Å². The maximum absolute atomic E-state index is 13.2. The number of carbonyl (C=O) groups is 2. The van der Waals surface area contributed by atoms with Crippen LogP contribution in [0.4, 0.5) is 0 Å². The van der Waals surface area contributed by atoms with Gasteiger partial charge in [0.25, 0.3) is 5.91 Å². The van der Waals surface area contributed by atoms with Crippen LogP contribution in [-0.4, -0.2) is 85.6 Å². The van der Waals surface area contributed by atoms with Crippen LogP contribution in [0.3, 0.4) is 0 Å². The van der Waals surface area contributed by atoms with Gasteiger partial charge >= 0.3 is 0 Å². The number of amides is 2. The Morgan fingerprint density at radius 2 is 2.05 bits per heavy atom. The number of carbonyl (C=O) groups excluding carboxylic acids is 2. The van der Waals surface area contributed by atoms with Crippen molar-refractivity contribution in [2.45, 2.75) is 31.1 Å². The highest BCUT2D eigenvalue weighted by Crippen LogP contribution is 2.43. The standard InChI is InChI=1S/C30H37ClN6O4/c1-35(2)13-6-10-26(38)36-14-5-8-21(17-36)37-18-23(27-28(37)30(39)34-33-29(27)32)19-11-12-24(25(15-19)40-3)41-22-9-4-7-20(31)16-22/h4,6-7,9-12,15-16,18,21,27-29,33H,5,8,13-14,17,32H2,1-3H3,(H,34,39)/b10-6+. The SMILES string of the molecule is COc1cc(C2=CN(C3CCCN(C(=O)/C=C/CN(C)C)C3)C3C(=O)NNC(N)C23)ccc1Oc1cccc(Cl)c1. The zero-order chi connectivity index (χ0) is 29.1. The van der Waals surface area contributed by atoms with E-state index >= 15 is 0 Å². The molecule has 0 radical (unpaired) electrons. The van der Waals surface area contributed by atoms with Gasteiger partial charge in [-0.2, -0.15) is 0 Å². The number of rotatable bonds is 8. The van der Waals surface area contributed by atoms with Gasteiger partial charge in [-0.25, -0.2) is 5.43 Å². The van der Waals surface area contributed by atoms with Crippen molar-refractivity contribution in [1.82, 2.24) is 25.6 Å². The fourth-order valence-corrected chi connectivity index (χ4v) is 5.93. The van der Waals surface area contributed by atoms with Crippen molar-refractivity contribution < 1.29 is 19.1 Å². The van der Waals surface area contributed by atoms with Crippen molar-refractivity contribution in [1.29, 1.82) is 0 Å². The molecule has 2 saturated heterocycles. The Balaban J connectivity index is 1.42. The first-order valence-electron chi connectivity index (χ1n) is 13.8. The highest BCUT2D eigenvalue weighted by Gasteiger charge is 2.49. The molecule has 10 nitrogen and oxygen atoms in total. The van der Waals surface area contributed by atoms with Gasteiger partial charge in [0, 0.05) is 48.9 Å². The summed E-state index contributed by atoms with van der Waals surface area (Å²) in [6.07, 6.45) is 6.77. The summed E-state index contributed by atoms with van der Waals surface area (Å²) < 4.78 is 11.7. The molecular weight excluding hydrogens is 544 g/mol. The second-order valence-corrected chi connectivity index (χ2v) is 11.3. The first-order chi connectivity index (χ1) is 19.7. The molecule has 5 rings (SSSR count). The van der Waals surface area contributed by atoms with Crippen LogP contribution in [0.2, 0.25) is 5.02 Å². The molecule has 0 saturated carbocycles. The molecule has 3 aliphatic rings. The smallest absolute Gasteiger partial charge is 0.257 e. The third-order valence-electron chi connectivity index (χ3n) is 7.71. The molecule has 3 aliphatic heterocycles. The van der Waals surface area contributed by atoms with E-state index in [1.54, 1.807) is 25.3 Å². The maximum Gasteiger partial charge on any atom is 0.257 e. The van der Waals surface area contributed by atoms with Crippen molar-refractivity contribution in [3.05, 3.63) is 71.4 Å². The van der Waals surface area contributed by atoms with E-state index in [9.17, 15) is 9.59 Å². The quantitative estimate of drug-likeness (QED) is 0.409. The van der Waals surface area contributed by atoms with Crippen LogP contribution in [0, 0.1) is 5.92 Å². The number of likely N-dealkylation sites (tertiary alicyclic amines) is 1. The van der Waals surface area contributed by atoms with Crippen LogP contribution in [0.5, 0.6) is 17.2 Å². The number of methoxy groups -OCH3 is 1. The molecule has 3 heterocycles. The summed E-state index contributed by atoms with van der Waals surface area (Å²) in [6, 6.07) is 12.3. The Morgan fingerprint density at radius 3 is 2.80 bits per heavy atom. The number of ether oxygens (including phenoxy) is 2. The van der Waals surface area contributed by atoms with Gasteiger partial charge in [0.2, 0.25) is 5.91 Å². The van der Waals surface area contributed by atoms with Crippen LogP contribution in [0.25, 0.3) is 5.57 Å². The van der Waals surface area contributed by atoms with E-state index < -0.39 is 12.2 Å². The van der Waals surface area contributed by atoms with E-state index in [2.05, 4.69) is 15.8 Å². The van der Waals surface area contributed by atoms with Gasteiger partial charge in [0.15, 0.2) is 11.5 Å². The average molecular weight is 581 g/mol. The maximum atomic E-state index is 13.2. The number of hydrazine groups is 1. The average Bonchev–Trinajstić information content (AvgIpc) is 3.37. The lowest BCUT2D eigenvalue weighted by atomic mass is 9.85. The van der Waals surface area contributed by atoms with Crippen LogP contribution < -0.4 is 26.1 Å². The third-order valence-corrected chi connectivity index (χ3v) is 7.94. The van der Waals surface area contributed by atoms with Gasteiger partial charge in [-0.05, 0) is 68.4 Å². The van der Waals surface area contributed by atoms with E-state index in [-0.39, 0.29) is 23.8 Å². The predicted octanol–water partition coefficient (Wildman–Crippen LogP) is 2.81. The molecule has 2 aromatic rings. The van der Waals surface area contributed by atoms with E-state index in [4.69, 9.17) is 26.8 Å². The monoisotopic (exact) mass is 580 g/mol. The minimum atomic E-state index is -0.502. The first-order valence-corrected chi connectivity index (χ1v) is 14.1. The number of nitrogens with zero attached hydrogens (tertiary/aromatic N) is 3. The van der Waals surface area contributed by atoms with Crippen LogP contribution in [0.15, 0.2) is 60.8 Å². The third kappa shape index (κ3) is 6.36. The molecule has 4 unspecified atom stereocenters. The summed E-state index contributed by atoms with van der Waals surface area (Å²) in [6.45, 7) is 1.92. The molecule has 0 spiro atoms. The molecule has 4 atom stereocenters. The molecule has 218 valence electrons. The Hall–Kier alpha value is -3.57. The topological polar surface area (TPSA) is 112 Å². The van der Waals surface area contributed by atoms with E-state index in [0.717, 1.165) is 24.0 Å². The van der Waals surface area contributed by atoms with E-state index in [0.29, 0.717) is 41.9 Å². The van der Waals surface area contributed by atoms with E-state index in [1.165, 1.54) is 0 Å².